The second-order valence-corrected chi connectivity index (χ2v) is 6.59. The lowest BCUT2D eigenvalue weighted by Crippen LogP contribution is -2.45. The van der Waals surface area contributed by atoms with Gasteiger partial charge in [0.25, 0.3) is 11.8 Å². The molecule has 28 heavy (non-hydrogen) atoms. The van der Waals surface area contributed by atoms with Crippen LogP contribution >= 0.6 is 0 Å². The van der Waals surface area contributed by atoms with E-state index in [0.717, 1.165) is 5.56 Å². The Morgan fingerprint density at radius 3 is 2.61 bits per heavy atom. The van der Waals surface area contributed by atoms with Crippen molar-refractivity contribution in [1.29, 1.82) is 0 Å². The minimum Gasteiger partial charge on any atom is -0.493 e. The summed E-state index contributed by atoms with van der Waals surface area (Å²) in [5.41, 5.74) is 3.01. The van der Waals surface area contributed by atoms with Crippen LogP contribution in [0.1, 0.15) is 29.8 Å². The molecule has 1 aliphatic rings. The van der Waals surface area contributed by atoms with Crippen molar-refractivity contribution in [3.8, 4) is 17.2 Å². The Morgan fingerprint density at radius 2 is 1.89 bits per heavy atom. The zero-order chi connectivity index (χ0) is 20.3. The van der Waals surface area contributed by atoms with Crippen LogP contribution in [-0.2, 0) is 4.79 Å². The van der Waals surface area contributed by atoms with Crippen LogP contribution in [0.25, 0.3) is 0 Å². The predicted octanol–water partition coefficient (Wildman–Crippen LogP) is 2.58. The molecule has 0 radical (unpaired) electrons. The van der Waals surface area contributed by atoms with Gasteiger partial charge in [-0.2, -0.15) is 5.10 Å². The number of ether oxygens (including phenoxy) is 3. The highest BCUT2D eigenvalue weighted by atomic mass is 16.5. The monoisotopic (exact) mass is 383 g/mol. The van der Waals surface area contributed by atoms with E-state index >= 15 is 0 Å². The highest BCUT2D eigenvalue weighted by Gasteiger charge is 2.35. The first-order chi connectivity index (χ1) is 13.3. The summed E-state index contributed by atoms with van der Waals surface area (Å²) >= 11 is 0. The van der Waals surface area contributed by atoms with E-state index in [2.05, 4.69) is 15.8 Å². The van der Waals surface area contributed by atoms with Gasteiger partial charge in [-0.25, -0.2) is 5.43 Å². The third-order valence-electron chi connectivity index (χ3n) is 4.19. The molecule has 2 aromatic rings. The van der Waals surface area contributed by atoms with E-state index in [4.69, 9.17) is 14.2 Å². The molecule has 0 aliphatic carbocycles. The molecule has 0 spiro atoms. The van der Waals surface area contributed by atoms with Crippen molar-refractivity contribution in [3.05, 3.63) is 47.5 Å². The first-order valence-electron chi connectivity index (χ1n) is 8.54. The second-order valence-electron chi connectivity index (χ2n) is 6.59. The summed E-state index contributed by atoms with van der Waals surface area (Å²) in [5.74, 6) is 0.980. The third-order valence-corrected chi connectivity index (χ3v) is 4.19. The molecule has 0 saturated carbocycles. The van der Waals surface area contributed by atoms with Gasteiger partial charge in [0.1, 0.15) is 5.75 Å². The topological polar surface area (TPSA) is 98.2 Å². The van der Waals surface area contributed by atoms with Crippen molar-refractivity contribution >= 4 is 23.7 Å². The summed E-state index contributed by atoms with van der Waals surface area (Å²) in [5, 5.41) is 6.70. The maximum absolute atomic E-state index is 12.3. The highest BCUT2D eigenvalue weighted by Crippen LogP contribution is 2.34. The average molecular weight is 383 g/mol. The van der Waals surface area contributed by atoms with E-state index in [1.165, 1.54) is 6.21 Å². The average Bonchev–Trinajstić information content (AvgIpc) is 2.68. The third kappa shape index (κ3) is 3.90. The van der Waals surface area contributed by atoms with Gasteiger partial charge in [0.05, 0.1) is 26.1 Å². The summed E-state index contributed by atoms with van der Waals surface area (Å²) in [6.07, 6.45) is 1.49. The zero-order valence-electron chi connectivity index (χ0n) is 16.0. The lowest BCUT2D eigenvalue weighted by molar-refractivity contribution is -0.129. The van der Waals surface area contributed by atoms with Crippen LogP contribution in [0.4, 0.5) is 5.69 Å². The summed E-state index contributed by atoms with van der Waals surface area (Å²) in [6.45, 7) is 3.35. The molecule has 2 amide bonds. The Hall–Kier alpha value is -3.55. The molecule has 2 N–H and O–H groups in total. The van der Waals surface area contributed by atoms with Crippen LogP contribution in [0.5, 0.6) is 17.2 Å². The molecule has 0 aromatic heterocycles. The number of nitrogens with zero attached hydrogens (tertiary/aromatic N) is 1. The molecule has 8 nitrogen and oxygen atoms in total. The van der Waals surface area contributed by atoms with Crippen molar-refractivity contribution in [2.45, 2.75) is 19.4 Å². The quantitative estimate of drug-likeness (QED) is 0.611. The normalized spacial score (nSPS) is 14.6. The number of carbonyl (C=O) groups is 2. The Bertz CT molecular complexity index is 953. The first-order valence-corrected chi connectivity index (χ1v) is 8.54. The summed E-state index contributed by atoms with van der Waals surface area (Å²) < 4.78 is 16.1. The van der Waals surface area contributed by atoms with Gasteiger partial charge in [-0.15, -0.1) is 0 Å². The number of hydrogen-bond donors (Lipinski definition) is 2. The number of anilines is 1. The summed E-state index contributed by atoms with van der Waals surface area (Å²) in [4.78, 5) is 24.3. The Morgan fingerprint density at radius 1 is 1.14 bits per heavy atom. The number of fused-ring (bicyclic) bond motifs is 1. The van der Waals surface area contributed by atoms with Crippen LogP contribution < -0.4 is 25.0 Å². The number of nitrogens with one attached hydrogen (secondary N) is 2. The van der Waals surface area contributed by atoms with E-state index in [9.17, 15) is 9.59 Å². The van der Waals surface area contributed by atoms with E-state index in [1.54, 1.807) is 64.5 Å². The van der Waals surface area contributed by atoms with E-state index in [1.807, 2.05) is 0 Å². The number of methoxy groups -OCH3 is 2. The maximum atomic E-state index is 12.3. The summed E-state index contributed by atoms with van der Waals surface area (Å²) in [7, 11) is 3.10. The van der Waals surface area contributed by atoms with E-state index in [0.29, 0.717) is 28.5 Å². The minimum absolute atomic E-state index is 0.274. The molecule has 0 saturated heterocycles. The maximum Gasteiger partial charge on any atom is 0.271 e. The molecule has 1 aliphatic heterocycles. The Labute approximate surface area is 162 Å². The molecule has 2 aromatic carbocycles. The van der Waals surface area contributed by atoms with Crippen LogP contribution in [-0.4, -0.2) is 37.8 Å². The molecule has 1 heterocycles. The number of hydrogen-bond acceptors (Lipinski definition) is 6. The van der Waals surface area contributed by atoms with Gasteiger partial charge in [0, 0.05) is 5.56 Å². The Kier molecular flexibility index (Phi) is 5.21. The molecular formula is C20H21N3O5. The van der Waals surface area contributed by atoms with Crippen molar-refractivity contribution in [3.63, 3.8) is 0 Å². The molecular weight excluding hydrogens is 362 g/mol. The molecule has 0 fully saturated rings. The molecule has 0 atom stereocenters. The smallest absolute Gasteiger partial charge is 0.271 e. The lowest BCUT2D eigenvalue weighted by atomic mass is 10.0. The van der Waals surface area contributed by atoms with Crippen LogP contribution in [0.2, 0.25) is 0 Å². The fourth-order valence-corrected chi connectivity index (χ4v) is 2.62. The Balaban J connectivity index is 1.70. The summed E-state index contributed by atoms with van der Waals surface area (Å²) in [6, 6.07) is 10.1. The van der Waals surface area contributed by atoms with Gasteiger partial charge in [0.15, 0.2) is 17.1 Å². The SMILES string of the molecule is COc1ccc(/C=N\NC(=O)c2ccc3c(c2)NC(=O)C(C)(C)O3)cc1OC. The first kappa shape index (κ1) is 19.2. The zero-order valence-corrected chi connectivity index (χ0v) is 16.0. The lowest BCUT2D eigenvalue weighted by Gasteiger charge is -2.31. The predicted molar refractivity (Wildman–Crippen MR) is 104 cm³/mol. The van der Waals surface area contributed by atoms with Crippen molar-refractivity contribution < 1.29 is 23.8 Å². The van der Waals surface area contributed by atoms with E-state index < -0.39 is 11.5 Å². The highest BCUT2D eigenvalue weighted by molar-refractivity contribution is 6.02. The van der Waals surface area contributed by atoms with Crippen molar-refractivity contribution in [2.75, 3.05) is 19.5 Å². The molecule has 8 heteroatoms. The fourth-order valence-electron chi connectivity index (χ4n) is 2.62. The van der Waals surface area contributed by atoms with Crippen LogP contribution in [0.3, 0.4) is 0 Å². The van der Waals surface area contributed by atoms with Gasteiger partial charge in [-0.1, -0.05) is 0 Å². The number of hydrazone groups is 1. The second kappa shape index (κ2) is 7.59. The largest absolute Gasteiger partial charge is 0.493 e. The molecule has 0 unspecified atom stereocenters. The molecule has 3 rings (SSSR count). The van der Waals surface area contributed by atoms with Crippen LogP contribution in [0.15, 0.2) is 41.5 Å². The van der Waals surface area contributed by atoms with Gasteiger partial charge < -0.3 is 19.5 Å². The minimum atomic E-state index is -0.958. The number of benzene rings is 2. The van der Waals surface area contributed by atoms with Crippen molar-refractivity contribution in [1.82, 2.24) is 5.43 Å². The number of carbonyl (C=O) groups excluding carboxylic acids is 2. The number of amides is 2. The molecule has 0 bridgehead atoms. The fraction of sp³-hybridized carbons (Fsp3) is 0.250. The van der Waals surface area contributed by atoms with E-state index in [-0.39, 0.29) is 5.91 Å². The van der Waals surface area contributed by atoms with Gasteiger partial charge in [0.2, 0.25) is 0 Å². The standard InChI is InChI=1S/C20H21N3O5/c1-20(2)19(25)22-14-10-13(6-8-15(14)28-20)18(24)23-21-11-12-5-7-16(26-3)17(9-12)27-4/h5-11H,1-4H3,(H,22,25)(H,23,24)/b21-11-. The van der Waals surface area contributed by atoms with Gasteiger partial charge >= 0.3 is 0 Å². The number of rotatable bonds is 5. The van der Waals surface area contributed by atoms with Crippen LogP contribution in [0, 0.1) is 0 Å². The van der Waals surface area contributed by atoms with Crippen molar-refractivity contribution in [2.24, 2.45) is 5.10 Å². The molecule has 146 valence electrons. The van der Waals surface area contributed by atoms with Gasteiger partial charge in [-0.3, -0.25) is 9.59 Å². The van der Waals surface area contributed by atoms with Gasteiger partial charge in [-0.05, 0) is 55.8 Å².